The fraction of sp³-hybridized carbons (Fsp3) is 0.379. The van der Waals surface area contributed by atoms with Crippen LogP contribution in [0.4, 0.5) is 10.2 Å². The molecule has 2 aromatic carbocycles. The van der Waals surface area contributed by atoms with Gasteiger partial charge in [-0.25, -0.2) is 9.37 Å². The van der Waals surface area contributed by atoms with Gasteiger partial charge in [0.2, 0.25) is 0 Å². The molecule has 5 rings (SSSR count). The van der Waals surface area contributed by atoms with E-state index in [-0.39, 0.29) is 17.5 Å². The van der Waals surface area contributed by atoms with Gasteiger partial charge in [0, 0.05) is 63.6 Å². The highest BCUT2D eigenvalue weighted by molar-refractivity contribution is 5.96. The number of aryl methyl sites for hydroxylation is 1. The second kappa shape index (κ2) is 11.2. The van der Waals surface area contributed by atoms with Crippen LogP contribution in [0.1, 0.15) is 34.3 Å². The Balaban J connectivity index is 1.14. The second-order valence-electron chi connectivity index (χ2n) is 9.82. The van der Waals surface area contributed by atoms with Gasteiger partial charge in [0.1, 0.15) is 11.6 Å². The molecule has 0 aliphatic carbocycles. The standard InChI is InChI=1S/C29H34FN5O/c1-21-5-8-23(9-6-21)25-3-2-4-26(28(25)30)29(36)33-24-11-15-34(16-12-24)20-22-7-10-27(32-19-22)35-17-13-31-14-18-35/h2-10,19,24,31H,11-18,20H2,1H3,(H,33,36). The number of rotatable bonds is 6. The first-order valence-electron chi connectivity index (χ1n) is 12.9. The van der Waals surface area contributed by atoms with Gasteiger partial charge in [0.25, 0.3) is 5.91 Å². The third-order valence-corrected chi connectivity index (χ3v) is 7.19. The summed E-state index contributed by atoms with van der Waals surface area (Å²) < 4.78 is 15.2. The Morgan fingerprint density at radius 1 is 1.03 bits per heavy atom. The third kappa shape index (κ3) is 5.74. The average molecular weight is 488 g/mol. The highest BCUT2D eigenvalue weighted by Crippen LogP contribution is 2.26. The number of pyridine rings is 1. The summed E-state index contributed by atoms with van der Waals surface area (Å²) in [5, 5.41) is 6.43. The number of likely N-dealkylation sites (tertiary alicyclic amines) is 1. The van der Waals surface area contributed by atoms with E-state index < -0.39 is 5.82 Å². The summed E-state index contributed by atoms with van der Waals surface area (Å²) >= 11 is 0. The van der Waals surface area contributed by atoms with Gasteiger partial charge in [-0.1, -0.05) is 48.0 Å². The van der Waals surface area contributed by atoms with E-state index >= 15 is 4.39 Å². The molecule has 36 heavy (non-hydrogen) atoms. The first kappa shape index (κ1) is 24.4. The van der Waals surface area contributed by atoms with Gasteiger partial charge in [-0.05, 0) is 43.0 Å². The lowest BCUT2D eigenvalue weighted by molar-refractivity contribution is 0.0905. The van der Waals surface area contributed by atoms with E-state index in [0.29, 0.717) is 5.56 Å². The van der Waals surface area contributed by atoms with Crippen molar-refractivity contribution in [2.45, 2.75) is 32.4 Å². The van der Waals surface area contributed by atoms with Gasteiger partial charge in [0.15, 0.2) is 0 Å². The molecule has 0 radical (unpaired) electrons. The number of hydrogen-bond donors (Lipinski definition) is 2. The predicted molar refractivity (Wildman–Crippen MR) is 142 cm³/mol. The minimum Gasteiger partial charge on any atom is -0.354 e. The quantitative estimate of drug-likeness (QED) is 0.551. The van der Waals surface area contributed by atoms with Crippen LogP contribution in [0.2, 0.25) is 0 Å². The lowest BCUT2D eigenvalue weighted by atomic mass is 9.99. The maximum Gasteiger partial charge on any atom is 0.254 e. The van der Waals surface area contributed by atoms with Crippen molar-refractivity contribution in [1.82, 2.24) is 20.5 Å². The molecule has 2 N–H and O–H groups in total. The van der Waals surface area contributed by atoms with Crippen LogP contribution in [0.5, 0.6) is 0 Å². The van der Waals surface area contributed by atoms with E-state index in [1.807, 2.05) is 37.4 Å². The summed E-state index contributed by atoms with van der Waals surface area (Å²) in [6.45, 7) is 8.60. The van der Waals surface area contributed by atoms with Crippen molar-refractivity contribution in [1.29, 1.82) is 0 Å². The highest BCUT2D eigenvalue weighted by Gasteiger charge is 2.23. The van der Waals surface area contributed by atoms with Gasteiger partial charge < -0.3 is 15.5 Å². The van der Waals surface area contributed by atoms with Crippen LogP contribution >= 0.6 is 0 Å². The Kier molecular flexibility index (Phi) is 7.58. The van der Waals surface area contributed by atoms with Crippen molar-refractivity contribution in [3.05, 3.63) is 83.3 Å². The van der Waals surface area contributed by atoms with Crippen LogP contribution < -0.4 is 15.5 Å². The van der Waals surface area contributed by atoms with Crippen LogP contribution in [-0.2, 0) is 6.54 Å². The zero-order valence-electron chi connectivity index (χ0n) is 20.8. The number of nitrogens with zero attached hydrogens (tertiary/aromatic N) is 3. The summed E-state index contributed by atoms with van der Waals surface area (Å²) in [6, 6.07) is 17.0. The van der Waals surface area contributed by atoms with Crippen molar-refractivity contribution in [2.75, 3.05) is 44.2 Å². The monoisotopic (exact) mass is 487 g/mol. The molecule has 6 nitrogen and oxygen atoms in total. The summed E-state index contributed by atoms with van der Waals surface area (Å²) in [7, 11) is 0. The van der Waals surface area contributed by atoms with Crippen molar-refractivity contribution < 1.29 is 9.18 Å². The topological polar surface area (TPSA) is 60.5 Å². The largest absolute Gasteiger partial charge is 0.354 e. The molecule has 3 aromatic rings. The Morgan fingerprint density at radius 2 is 1.78 bits per heavy atom. The second-order valence-corrected chi connectivity index (χ2v) is 9.82. The van der Waals surface area contributed by atoms with Crippen molar-refractivity contribution in [2.24, 2.45) is 0 Å². The number of carbonyl (C=O) groups is 1. The molecule has 188 valence electrons. The van der Waals surface area contributed by atoms with E-state index in [1.165, 1.54) is 5.56 Å². The van der Waals surface area contributed by atoms with Crippen LogP contribution in [0.15, 0.2) is 60.8 Å². The lowest BCUT2D eigenvalue weighted by Crippen LogP contribution is -2.44. The van der Waals surface area contributed by atoms with Crippen molar-refractivity contribution in [3.63, 3.8) is 0 Å². The molecule has 2 aliphatic rings. The van der Waals surface area contributed by atoms with Crippen molar-refractivity contribution >= 4 is 11.7 Å². The van der Waals surface area contributed by atoms with Crippen LogP contribution in [0.25, 0.3) is 11.1 Å². The molecule has 0 atom stereocenters. The maximum atomic E-state index is 15.2. The summed E-state index contributed by atoms with van der Waals surface area (Å²) in [6.07, 6.45) is 3.67. The molecular weight excluding hydrogens is 453 g/mol. The molecule has 0 unspecified atom stereocenters. The lowest BCUT2D eigenvalue weighted by Gasteiger charge is -2.32. The average Bonchev–Trinajstić information content (AvgIpc) is 2.91. The van der Waals surface area contributed by atoms with E-state index in [9.17, 15) is 4.79 Å². The molecule has 7 heteroatoms. The molecule has 1 aromatic heterocycles. The van der Waals surface area contributed by atoms with E-state index in [4.69, 9.17) is 0 Å². The zero-order chi connectivity index (χ0) is 24.9. The Bertz CT molecular complexity index is 1170. The van der Waals surface area contributed by atoms with Gasteiger partial charge in [-0.15, -0.1) is 0 Å². The van der Waals surface area contributed by atoms with Crippen LogP contribution in [-0.4, -0.2) is 61.1 Å². The summed E-state index contributed by atoms with van der Waals surface area (Å²) in [4.78, 5) is 22.3. The first-order chi connectivity index (χ1) is 17.6. The number of piperazine rings is 1. The molecule has 0 saturated carbocycles. The molecule has 1 amide bonds. The fourth-order valence-corrected chi connectivity index (χ4v) is 5.01. The summed E-state index contributed by atoms with van der Waals surface area (Å²) in [5.41, 5.74) is 3.64. The van der Waals surface area contributed by atoms with Crippen LogP contribution in [0, 0.1) is 12.7 Å². The molecule has 2 saturated heterocycles. The fourth-order valence-electron chi connectivity index (χ4n) is 5.01. The normalized spacial score (nSPS) is 17.2. The number of piperidine rings is 1. The number of halogens is 1. The predicted octanol–water partition coefficient (Wildman–Crippen LogP) is 4.00. The van der Waals surface area contributed by atoms with E-state index in [1.54, 1.807) is 18.2 Å². The number of benzene rings is 2. The molecule has 0 spiro atoms. The Labute approximate surface area is 212 Å². The number of anilines is 1. The zero-order valence-corrected chi connectivity index (χ0v) is 20.8. The van der Waals surface area contributed by atoms with Gasteiger partial charge in [-0.3, -0.25) is 9.69 Å². The number of carbonyl (C=O) groups excluding carboxylic acids is 1. The number of aromatic nitrogens is 1. The van der Waals surface area contributed by atoms with Crippen molar-refractivity contribution in [3.8, 4) is 11.1 Å². The number of hydrogen-bond acceptors (Lipinski definition) is 5. The number of amides is 1. The van der Waals surface area contributed by atoms with Crippen LogP contribution in [0.3, 0.4) is 0 Å². The molecular formula is C29H34FN5O. The third-order valence-electron chi connectivity index (χ3n) is 7.19. The minimum atomic E-state index is -0.465. The summed E-state index contributed by atoms with van der Waals surface area (Å²) in [5.74, 6) is 0.237. The SMILES string of the molecule is Cc1ccc(-c2cccc(C(=O)NC3CCN(Cc4ccc(N5CCNCC5)nc4)CC3)c2F)cc1. The maximum absolute atomic E-state index is 15.2. The minimum absolute atomic E-state index is 0.0457. The van der Waals surface area contributed by atoms with Gasteiger partial charge in [0.05, 0.1) is 5.56 Å². The van der Waals surface area contributed by atoms with E-state index in [2.05, 4.69) is 37.6 Å². The molecule has 3 heterocycles. The molecule has 2 fully saturated rings. The number of nitrogens with one attached hydrogen (secondary N) is 2. The van der Waals surface area contributed by atoms with Gasteiger partial charge in [-0.2, -0.15) is 0 Å². The van der Waals surface area contributed by atoms with E-state index in [0.717, 1.165) is 75.6 Å². The first-order valence-corrected chi connectivity index (χ1v) is 12.9. The molecule has 0 bridgehead atoms. The van der Waals surface area contributed by atoms with Gasteiger partial charge >= 0.3 is 0 Å². The Hall–Kier alpha value is -3.29. The molecule has 2 aliphatic heterocycles. The smallest absolute Gasteiger partial charge is 0.254 e. The highest BCUT2D eigenvalue weighted by atomic mass is 19.1. The Morgan fingerprint density at radius 3 is 2.47 bits per heavy atom.